The Morgan fingerprint density at radius 2 is 1.84 bits per heavy atom. The Morgan fingerprint density at radius 3 is 2.50 bits per heavy atom. The molecule has 0 N–H and O–H groups in total. The number of allylic oxidation sites excluding steroid dienone is 1. The van der Waals surface area contributed by atoms with Crippen molar-refractivity contribution in [2.45, 2.75) is 83.3 Å². The van der Waals surface area contributed by atoms with E-state index < -0.39 is 8.32 Å². The van der Waals surface area contributed by atoms with Gasteiger partial charge in [0.05, 0.1) is 0 Å². The van der Waals surface area contributed by atoms with Crippen LogP contribution in [-0.4, -0.2) is 14.1 Å². The molecule has 1 unspecified atom stereocenters. The zero-order chi connectivity index (χ0) is 23.1. The van der Waals surface area contributed by atoms with Crippen LogP contribution in [0.3, 0.4) is 0 Å². The van der Waals surface area contributed by atoms with Gasteiger partial charge in [-0.1, -0.05) is 64.1 Å². The van der Waals surface area contributed by atoms with Crippen molar-refractivity contribution in [2.24, 2.45) is 5.92 Å². The van der Waals surface area contributed by atoms with Crippen LogP contribution in [0.15, 0.2) is 54.1 Å². The lowest BCUT2D eigenvalue weighted by molar-refractivity contribution is -0.119. The van der Waals surface area contributed by atoms with E-state index in [1.807, 2.05) is 18.2 Å². The van der Waals surface area contributed by atoms with Crippen molar-refractivity contribution in [3.63, 3.8) is 0 Å². The second kappa shape index (κ2) is 8.33. The van der Waals surface area contributed by atoms with Gasteiger partial charge < -0.3 is 4.43 Å². The van der Waals surface area contributed by atoms with Gasteiger partial charge in [-0.05, 0) is 90.2 Å². The molecule has 0 amide bonds. The lowest BCUT2D eigenvalue weighted by atomic mass is 9.55. The summed E-state index contributed by atoms with van der Waals surface area (Å²) in [6.07, 6.45) is 6.84. The highest BCUT2D eigenvalue weighted by Crippen LogP contribution is 2.53. The monoisotopic (exact) mass is 446 g/mol. The molecule has 0 aliphatic heterocycles. The van der Waals surface area contributed by atoms with Crippen molar-refractivity contribution in [1.82, 2.24) is 0 Å². The predicted molar refractivity (Wildman–Crippen MR) is 137 cm³/mol. The van der Waals surface area contributed by atoms with Crippen LogP contribution < -0.4 is 4.43 Å². The van der Waals surface area contributed by atoms with E-state index in [-0.39, 0.29) is 10.5 Å². The molecule has 2 aromatic rings. The summed E-state index contributed by atoms with van der Waals surface area (Å²) >= 11 is 0. The third-order valence-corrected chi connectivity index (χ3v) is 12.8. The van der Waals surface area contributed by atoms with Gasteiger partial charge in [0.1, 0.15) is 5.75 Å². The van der Waals surface area contributed by atoms with Crippen LogP contribution in [0.25, 0.3) is 6.08 Å². The highest BCUT2D eigenvalue weighted by molar-refractivity contribution is 6.74. The van der Waals surface area contributed by atoms with Crippen molar-refractivity contribution in [2.75, 3.05) is 0 Å². The van der Waals surface area contributed by atoms with Gasteiger partial charge in [-0.15, -0.1) is 0 Å². The fourth-order valence-electron chi connectivity index (χ4n) is 5.42. The minimum absolute atomic E-state index is 0.0532. The Labute approximate surface area is 195 Å². The smallest absolute Gasteiger partial charge is 0.250 e. The molecule has 0 bridgehead atoms. The summed E-state index contributed by atoms with van der Waals surface area (Å²) in [5.74, 6) is 1.80. The molecule has 0 heterocycles. The number of carbonyl (C=O) groups excluding carboxylic acids is 1. The van der Waals surface area contributed by atoms with Gasteiger partial charge in [-0.25, -0.2) is 0 Å². The maximum atomic E-state index is 13.0. The van der Waals surface area contributed by atoms with Gasteiger partial charge in [-0.3, -0.25) is 4.79 Å². The van der Waals surface area contributed by atoms with E-state index in [1.165, 1.54) is 11.1 Å². The zero-order valence-corrected chi connectivity index (χ0v) is 21.6. The maximum Gasteiger partial charge on any atom is 0.250 e. The summed E-state index contributed by atoms with van der Waals surface area (Å²) in [7, 11) is -1.87. The number of fused-ring (bicyclic) bond motifs is 3. The molecule has 4 rings (SSSR count). The minimum Gasteiger partial charge on any atom is -0.543 e. The molecule has 2 atom stereocenters. The minimum atomic E-state index is -1.87. The first-order valence-electron chi connectivity index (χ1n) is 12.2. The lowest BCUT2D eigenvalue weighted by Gasteiger charge is -2.49. The van der Waals surface area contributed by atoms with Crippen molar-refractivity contribution in [3.8, 4) is 5.75 Å². The zero-order valence-electron chi connectivity index (χ0n) is 20.6. The Kier molecular flexibility index (Phi) is 6.00. The molecule has 2 aromatic carbocycles. The van der Waals surface area contributed by atoms with Crippen molar-refractivity contribution < 1.29 is 9.22 Å². The lowest BCUT2D eigenvalue weighted by Crippen LogP contribution is -2.45. The molecule has 1 saturated carbocycles. The number of rotatable bonds is 4. The van der Waals surface area contributed by atoms with Gasteiger partial charge in [-0.2, -0.15) is 0 Å². The van der Waals surface area contributed by atoms with Crippen LogP contribution >= 0.6 is 0 Å². The number of hydrogen-bond donors (Lipinski definition) is 0. The number of carbonyl (C=O) groups is 1. The molecular formula is C29H38O2Si. The topological polar surface area (TPSA) is 26.3 Å². The van der Waals surface area contributed by atoms with Gasteiger partial charge in [0.25, 0.3) is 0 Å². The summed E-state index contributed by atoms with van der Waals surface area (Å²) in [5.41, 5.74) is 5.04. The van der Waals surface area contributed by atoms with E-state index in [9.17, 15) is 4.79 Å². The predicted octanol–water partition coefficient (Wildman–Crippen LogP) is 7.73. The van der Waals surface area contributed by atoms with E-state index in [0.717, 1.165) is 42.6 Å². The number of hydrogen-bond acceptors (Lipinski definition) is 2. The van der Waals surface area contributed by atoms with Crippen LogP contribution in [0.4, 0.5) is 0 Å². The Balaban J connectivity index is 1.70. The van der Waals surface area contributed by atoms with Crippen molar-refractivity contribution >= 4 is 20.2 Å². The average Bonchev–Trinajstić information content (AvgIpc) is 2.74. The van der Waals surface area contributed by atoms with Crippen LogP contribution in [0.5, 0.6) is 5.75 Å². The normalized spacial score (nSPS) is 24.8. The first kappa shape index (κ1) is 23.0. The number of benzene rings is 2. The SMILES string of the molecule is CCC12CC(=Cc3ccccc3)C(=O)C[C@H]1CCc1cc(O[Si](C)(C)C(C)(C)C)ccc12. The largest absolute Gasteiger partial charge is 0.543 e. The molecule has 1 fully saturated rings. The summed E-state index contributed by atoms with van der Waals surface area (Å²) in [4.78, 5) is 13.0. The number of ketones is 1. The molecule has 2 aliphatic rings. The van der Waals surface area contributed by atoms with Crippen LogP contribution in [0.1, 0.15) is 70.1 Å². The Morgan fingerprint density at radius 1 is 1.12 bits per heavy atom. The third kappa shape index (κ3) is 4.12. The van der Waals surface area contributed by atoms with E-state index in [1.54, 1.807) is 0 Å². The van der Waals surface area contributed by atoms with Gasteiger partial charge in [0.2, 0.25) is 8.32 Å². The van der Waals surface area contributed by atoms with Crippen LogP contribution in [0, 0.1) is 5.92 Å². The highest BCUT2D eigenvalue weighted by atomic mass is 28.4. The van der Waals surface area contributed by atoms with E-state index in [2.05, 4.69) is 77.2 Å². The highest BCUT2D eigenvalue weighted by Gasteiger charge is 2.48. The molecule has 170 valence electrons. The third-order valence-electron chi connectivity index (χ3n) is 8.40. The summed E-state index contributed by atoms with van der Waals surface area (Å²) in [5, 5.41) is 0.180. The Bertz CT molecular complexity index is 1030. The van der Waals surface area contributed by atoms with E-state index >= 15 is 0 Å². The fraction of sp³-hybridized carbons (Fsp3) is 0.483. The molecule has 2 aliphatic carbocycles. The molecule has 0 saturated heterocycles. The van der Waals surface area contributed by atoms with E-state index in [0.29, 0.717) is 18.1 Å². The molecule has 2 nitrogen and oxygen atoms in total. The van der Waals surface area contributed by atoms with Gasteiger partial charge in [0, 0.05) is 11.8 Å². The van der Waals surface area contributed by atoms with Crippen LogP contribution in [-0.2, 0) is 16.6 Å². The first-order valence-corrected chi connectivity index (χ1v) is 15.1. The van der Waals surface area contributed by atoms with Crippen molar-refractivity contribution in [3.05, 3.63) is 70.8 Å². The molecule has 3 heteroatoms. The summed E-state index contributed by atoms with van der Waals surface area (Å²) in [6, 6.07) is 17.1. The number of aryl methyl sites for hydroxylation is 1. The molecule has 0 radical (unpaired) electrons. The van der Waals surface area contributed by atoms with E-state index in [4.69, 9.17) is 4.43 Å². The van der Waals surface area contributed by atoms with Crippen molar-refractivity contribution in [1.29, 1.82) is 0 Å². The maximum absolute atomic E-state index is 13.0. The number of Topliss-reactive ketones (excluding diaryl/α,β-unsaturated/α-hetero) is 1. The first-order chi connectivity index (χ1) is 15.1. The summed E-state index contributed by atoms with van der Waals surface area (Å²) < 4.78 is 6.63. The summed E-state index contributed by atoms with van der Waals surface area (Å²) in [6.45, 7) is 13.8. The fourth-order valence-corrected chi connectivity index (χ4v) is 6.44. The van der Waals surface area contributed by atoms with Gasteiger partial charge in [0.15, 0.2) is 5.78 Å². The van der Waals surface area contributed by atoms with Crippen LogP contribution in [0.2, 0.25) is 18.1 Å². The average molecular weight is 447 g/mol. The standard InChI is InChI=1S/C29H38O2Si/c1-7-29-20-23(17-21-11-9-8-10-12-21)27(30)19-24(29)14-13-22-18-25(15-16-26(22)29)31-32(5,6)28(2,3)4/h8-12,15-18,24H,7,13-14,19-20H2,1-6H3/t24-,29?/m1/s1. The molecule has 32 heavy (non-hydrogen) atoms. The second-order valence-electron chi connectivity index (χ2n) is 11.3. The molecular weight excluding hydrogens is 408 g/mol. The van der Waals surface area contributed by atoms with Gasteiger partial charge >= 0.3 is 0 Å². The molecule has 0 aromatic heterocycles. The quantitative estimate of drug-likeness (QED) is 0.355. The Hall–Kier alpha value is -2.13. The second-order valence-corrected chi connectivity index (χ2v) is 16.0. The molecule has 0 spiro atoms.